The number of ether oxygens (including phenoxy) is 1. The van der Waals surface area contributed by atoms with Crippen molar-refractivity contribution in [3.05, 3.63) is 64.5 Å². The molecule has 3 aromatic rings. The number of alkyl halides is 3. The van der Waals surface area contributed by atoms with Crippen molar-refractivity contribution in [2.24, 2.45) is 0 Å². The number of halogens is 4. The van der Waals surface area contributed by atoms with Gasteiger partial charge in [-0.2, -0.15) is 13.2 Å². The molecular formula is C20H17ClF3N3O3S. The molecule has 0 bridgehead atoms. The van der Waals surface area contributed by atoms with Gasteiger partial charge in [-0.3, -0.25) is 4.79 Å². The number of benzene rings is 2. The highest BCUT2D eigenvalue weighted by molar-refractivity contribution is 7.99. The van der Waals surface area contributed by atoms with Gasteiger partial charge in [0.2, 0.25) is 5.91 Å². The van der Waals surface area contributed by atoms with Gasteiger partial charge in [-0.15, -0.1) is 10.2 Å². The van der Waals surface area contributed by atoms with E-state index in [2.05, 4.69) is 22.4 Å². The molecule has 0 fully saturated rings. The molecule has 0 aliphatic heterocycles. The SMILES string of the molecule is CCc1ccc(OCc2nnc(SCC(=O)Nc3cc(C(F)(F)F)ccc3Cl)o2)cc1. The molecular weight excluding hydrogens is 455 g/mol. The molecule has 0 saturated carbocycles. The first-order valence-electron chi connectivity index (χ1n) is 9.08. The largest absolute Gasteiger partial charge is 0.484 e. The number of hydrogen-bond acceptors (Lipinski definition) is 6. The number of nitrogens with zero attached hydrogens (tertiary/aromatic N) is 2. The Morgan fingerprint density at radius 2 is 1.94 bits per heavy atom. The number of carbonyl (C=O) groups excluding carboxylic acids is 1. The normalized spacial score (nSPS) is 11.4. The number of aryl methyl sites for hydroxylation is 1. The van der Waals surface area contributed by atoms with E-state index in [0.717, 1.165) is 36.4 Å². The van der Waals surface area contributed by atoms with Crippen LogP contribution < -0.4 is 10.1 Å². The molecule has 0 aliphatic carbocycles. The minimum absolute atomic E-state index is 0.00413. The van der Waals surface area contributed by atoms with Gasteiger partial charge in [0.25, 0.3) is 11.1 Å². The standard InChI is InChI=1S/C20H17ClF3N3O3S/c1-2-12-3-6-14(7-4-12)29-10-18-26-27-19(30-18)31-11-17(28)25-16-9-13(20(22,23)24)5-8-15(16)21/h3-9H,2,10-11H2,1H3,(H,25,28). The van der Waals surface area contributed by atoms with E-state index in [1.54, 1.807) is 0 Å². The predicted octanol–water partition coefficient (Wildman–Crippen LogP) is 5.61. The topological polar surface area (TPSA) is 77.2 Å². The van der Waals surface area contributed by atoms with Crippen LogP contribution >= 0.6 is 23.4 Å². The summed E-state index contributed by atoms with van der Waals surface area (Å²) in [6.45, 7) is 2.12. The lowest BCUT2D eigenvalue weighted by molar-refractivity contribution is -0.137. The van der Waals surface area contributed by atoms with Gasteiger partial charge in [0, 0.05) is 0 Å². The van der Waals surface area contributed by atoms with Crippen LogP contribution in [0.25, 0.3) is 0 Å². The molecule has 2 aromatic carbocycles. The molecule has 0 unspecified atom stereocenters. The van der Waals surface area contributed by atoms with Crippen LogP contribution in [0, 0.1) is 0 Å². The van der Waals surface area contributed by atoms with Gasteiger partial charge in [0.15, 0.2) is 6.61 Å². The molecule has 0 radical (unpaired) electrons. The van der Waals surface area contributed by atoms with Crippen LogP contribution in [-0.4, -0.2) is 21.9 Å². The lowest BCUT2D eigenvalue weighted by Crippen LogP contribution is -2.15. The lowest BCUT2D eigenvalue weighted by Gasteiger charge is -2.11. The number of nitrogens with one attached hydrogen (secondary N) is 1. The molecule has 11 heteroatoms. The molecule has 6 nitrogen and oxygen atoms in total. The second kappa shape index (κ2) is 10.1. The Morgan fingerprint density at radius 1 is 1.19 bits per heavy atom. The average Bonchev–Trinajstić information content (AvgIpc) is 3.20. The number of carbonyl (C=O) groups is 1. The summed E-state index contributed by atoms with van der Waals surface area (Å²) in [6, 6.07) is 10.3. The van der Waals surface area contributed by atoms with Crippen LogP contribution in [0.15, 0.2) is 52.1 Å². The first-order valence-corrected chi connectivity index (χ1v) is 10.4. The van der Waals surface area contributed by atoms with Crippen LogP contribution in [0.4, 0.5) is 18.9 Å². The summed E-state index contributed by atoms with van der Waals surface area (Å²) in [7, 11) is 0. The zero-order chi connectivity index (χ0) is 22.4. The van der Waals surface area contributed by atoms with E-state index in [1.807, 2.05) is 24.3 Å². The fourth-order valence-corrected chi connectivity index (χ4v) is 3.18. The molecule has 1 amide bonds. The molecule has 0 aliphatic rings. The number of aromatic nitrogens is 2. The summed E-state index contributed by atoms with van der Waals surface area (Å²) in [5.74, 6) is 0.150. The summed E-state index contributed by atoms with van der Waals surface area (Å²) >= 11 is 6.81. The highest BCUT2D eigenvalue weighted by Crippen LogP contribution is 2.34. The van der Waals surface area contributed by atoms with Gasteiger partial charge in [0.05, 0.1) is 22.0 Å². The predicted molar refractivity (Wildman–Crippen MR) is 110 cm³/mol. The number of rotatable bonds is 8. The van der Waals surface area contributed by atoms with E-state index < -0.39 is 17.6 Å². The Balaban J connectivity index is 1.50. The van der Waals surface area contributed by atoms with E-state index in [0.29, 0.717) is 5.75 Å². The van der Waals surface area contributed by atoms with Crippen molar-refractivity contribution in [2.75, 3.05) is 11.1 Å². The second-order valence-electron chi connectivity index (χ2n) is 6.28. The average molecular weight is 472 g/mol. The van der Waals surface area contributed by atoms with Crippen LogP contribution in [0.1, 0.15) is 23.9 Å². The molecule has 1 heterocycles. The van der Waals surface area contributed by atoms with Crippen LogP contribution in [-0.2, 0) is 24.0 Å². The van der Waals surface area contributed by atoms with Crippen LogP contribution in [0.2, 0.25) is 5.02 Å². The second-order valence-corrected chi connectivity index (χ2v) is 7.61. The Bertz CT molecular complexity index is 1040. The fourth-order valence-electron chi connectivity index (χ4n) is 2.43. The number of hydrogen-bond donors (Lipinski definition) is 1. The van der Waals surface area contributed by atoms with E-state index in [4.69, 9.17) is 20.8 Å². The van der Waals surface area contributed by atoms with Crippen LogP contribution in [0.5, 0.6) is 5.75 Å². The maximum Gasteiger partial charge on any atom is 0.416 e. The molecule has 3 rings (SSSR count). The van der Waals surface area contributed by atoms with Crippen LogP contribution in [0.3, 0.4) is 0 Å². The molecule has 1 aromatic heterocycles. The van der Waals surface area contributed by atoms with Crippen molar-refractivity contribution >= 4 is 35.0 Å². The fraction of sp³-hybridized carbons (Fsp3) is 0.250. The van der Waals surface area contributed by atoms with Crippen molar-refractivity contribution in [3.63, 3.8) is 0 Å². The molecule has 164 valence electrons. The number of amides is 1. The molecule has 0 atom stereocenters. The summed E-state index contributed by atoms with van der Waals surface area (Å²) in [5, 5.41) is 10.1. The van der Waals surface area contributed by atoms with Crippen molar-refractivity contribution in [2.45, 2.75) is 31.4 Å². The van der Waals surface area contributed by atoms with Gasteiger partial charge in [0.1, 0.15) is 5.75 Å². The van der Waals surface area contributed by atoms with Gasteiger partial charge >= 0.3 is 6.18 Å². The first-order chi connectivity index (χ1) is 14.7. The maximum atomic E-state index is 12.8. The minimum Gasteiger partial charge on any atom is -0.484 e. The summed E-state index contributed by atoms with van der Waals surface area (Å²) in [4.78, 5) is 12.1. The highest BCUT2D eigenvalue weighted by atomic mass is 35.5. The summed E-state index contributed by atoms with van der Waals surface area (Å²) < 4.78 is 49.4. The minimum atomic E-state index is -4.54. The molecule has 0 saturated heterocycles. The summed E-state index contributed by atoms with van der Waals surface area (Å²) in [5.41, 5.74) is 0.148. The first kappa shape index (κ1) is 23.0. The smallest absolute Gasteiger partial charge is 0.416 e. The van der Waals surface area contributed by atoms with Crippen molar-refractivity contribution in [3.8, 4) is 5.75 Å². The Hall–Kier alpha value is -2.72. The van der Waals surface area contributed by atoms with E-state index in [-0.39, 0.29) is 34.2 Å². The number of anilines is 1. The van der Waals surface area contributed by atoms with Crippen molar-refractivity contribution < 1.29 is 27.1 Å². The quantitative estimate of drug-likeness (QED) is 0.430. The zero-order valence-corrected chi connectivity index (χ0v) is 17.8. The molecule has 31 heavy (non-hydrogen) atoms. The zero-order valence-electron chi connectivity index (χ0n) is 16.2. The van der Waals surface area contributed by atoms with Gasteiger partial charge in [-0.25, -0.2) is 0 Å². The monoisotopic (exact) mass is 471 g/mol. The van der Waals surface area contributed by atoms with Gasteiger partial charge < -0.3 is 14.5 Å². The van der Waals surface area contributed by atoms with E-state index >= 15 is 0 Å². The third-order valence-electron chi connectivity index (χ3n) is 4.04. The van der Waals surface area contributed by atoms with Crippen molar-refractivity contribution in [1.29, 1.82) is 0 Å². The third kappa shape index (κ3) is 6.63. The Labute approximate surface area is 185 Å². The van der Waals surface area contributed by atoms with Gasteiger partial charge in [-0.1, -0.05) is 42.4 Å². The van der Waals surface area contributed by atoms with Crippen molar-refractivity contribution in [1.82, 2.24) is 10.2 Å². The molecule has 1 N–H and O–H groups in total. The third-order valence-corrected chi connectivity index (χ3v) is 5.18. The maximum absolute atomic E-state index is 12.8. The Kier molecular flexibility index (Phi) is 7.45. The summed E-state index contributed by atoms with van der Waals surface area (Å²) in [6.07, 6.45) is -3.61. The highest BCUT2D eigenvalue weighted by Gasteiger charge is 2.31. The van der Waals surface area contributed by atoms with Gasteiger partial charge in [-0.05, 0) is 42.3 Å². The lowest BCUT2D eigenvalue weighted by atomic mass is 10.2. The van der Waals surface area contributed by atoms with E-state index in [1.165, 1.54) is 5.56 Å². The number of thioether (sulfide) groups is 1. The Morgan fingerprint density at radius 3 is 2.61 bits per heavy atom. The van der Waals surface area contributed by atoms with E-state index in [9.17, 15) is 18.0 Å². The molecule has 0 spiro atoms.